The van der Waals surface area contributed by atoms with Crippen molar-refractivity contribution in [3.63, 3.8) is 0 Å². The van der Waals surface area contributed by atoms with Gasteiger partial charge in [0.2, 0.25) is 0 Å². The molecule has 0 saturated carbocycles. The lowest BCUT2D eigenvalue weighted by molar-refractivity contribution is 0.0938. The molecular formula is C17H18N4O2. The van der Waals surface area contributed by atoms with E-state index in [1.54, 1.807) is 24.3 Å². The van der Waals surface area contributed by atoms with Crippen LogP contribution in [0.4, 0.5) is 0 Å². The Kier molecular flexibility index (Phi) is 4.23. The van der Waals surface area contributed by atoms with Crippen LogP contribution in [-0.4, -0.2) is 27.1 Å². The monoisotopic (exact) mass is 310 g/mol. The minimum absolute atomic E-state index is 0.159. The molecule has 0 radical (unpaired) electrons. The third-order valence-electron chi connectivity index (χ3n) is 3.50. The molecule has 0 spiro atoms. The summed E-state index contributed by atoms with van der Waals surface area (Å²) in [6.45, 7) is 4.41. The number of nitrogens with one attached hydrogen (secondary N) is 1. The van der Waals surface area contributed by atoms with Gasteiger partial charge in [-0.1, -0.05) is 6.07 Å². The molecule has 118 valence electrons. The van der Waals surface area contributed by atoms with E-state index in [9.17, 15) is 4.79 Å². The van der Waals surface area contributed by atoms with Gasteiger partial charge in [0.15, 0.2) is 11.5 Å². The molecule has 0 fully saturated rings. The Labute approximate surface area is 134 Å². The average Bonchev–Trinajstić information content (AvgIpc) is 3.00. The average molecular weight is 310 g/mol. The van der Waals surface area contributed by atoms with Crippen LogP contribution in [0, 0.1) is 0 Å². The highest BCUT2D eigenvalue weighted by molar-refractivity contribution is 5.94. The maximum atomic E-state index is 12.3. The zero-order valence-electron chi connectivity index (χ0n) is 13.1. The molecule has 23 heavy (non-hydrogen) atoms. The SMILES string of the molecule is CCOc1ccc(C(=O)NC(C)c2nnc3ccccn23)cc1. The smallest absolute Gasteiger partial charge is 0.251 e. The third kappa shape index (κ3) is 3.15. The topological polar surface area (TPSA) is 68.5 Å². The molecule has 3 rings (SSSR count). The molecule has 0 aliphatic heterocycles. The Bertz CT molecular complexity index is 811. The number of carbonyl (C=O) groups excluding carboxylic acids is 1. The quantitative estimate of drug-likeness (QED) is 0.786. The summed E-state index contributed by atoms with van der Waals surface area (Å²) in [6.07, 6.45) is 1.88. The first-order valence-electron chi connectivity index (χ1n) is 7.52. The number of aromatic nitrogens is 3. The molecule has 1 amide bonds. The number of fused-ring (bicyclic) bond motifs is 1. The van der Waals surface area contributed by atoms with E-state index >= 15 is 0 Å². The molecule has 0 aliphatic carbocycles. The Morgan fingerprint density at radius 3 is 2.74 bits per heavy atom. The van der Waals surface area contributed by atoms with Crippen molar-refractivity contribution >= 4 is 11.6 Å². The van der Waals surface area contributed by atoms with Gasteiger partial charge in [-0.25, -0.2) is 0 Å². The second kappa shape index (κ2) is 6.48. The van der Waals surface area contributed by atoms with E-state index in [0.29, 0.717) is 18.0 Å². The van der Waals surface area contributed by atoms with Gasteiger partial charge in [-0.2, -0.15) is 0 Å². The van der Waals surface area contributed by atoms with E-state index < -0.39 is 0 Å². The molecule has 1 N–H and O–H groups in total. The van der Waals surface area contributed by atoms with Crippen molar-refractivity contribution in [2.24, 2.45) is 0 Å². The van der Waals surface area contributed by atoms with E-state index in [4.69, 9.17) is 4.74 Å². The van der Waals surface area contributed by atoms with E-state index in [-0.39, 0.29) is 11.9 Å². The number of pyridine rings is 1. The highest BCUT2D eigenvalue weighted by atomic mass is 16.5. The zero-order valence-corrected chi connectivity index (χ0v) is 13.1. The summed E-state index contributed by atoms with van der Waals surface area (Å²) in [7, 11) is 0. The van der Waals surface area contributed by atoms with Crippen molar-refractivity contribution in [1.82, 2.24) is 19.9 Å². The van der Waals surface area contributed by atoms with Gasteiger partial charge < -0.3 is 10.1 Å². The van der Waals surface area contributed by atoms with Crippen LogP contribution in [0.25, 0.3) is 5.65 Å². The first-order chi connectivity index (χ1) is 11.2. The highest BCUT2D eigenvalue weighted by Gasteiger charge is 2.16. The van der Waals surface area contributed by atoms with Crippen molar-refractivity contribution in [1.29, 1.82) is 0 Å². The lowest BCUT2D eigenvalue weighted by Crippen LogP contribution is -2.27. The second-order valence-corrected chi connectivity index (χ2v) is 5.14. The highest BCUT2D eigenvalue weighted by Crippen LogP contribution is 2.15. The van der Waals surface area contributed by atoms with Gasteiger partial charge in [0.05, 0.1) is 12.6 Å². The number of nitrogens with zero attached hydrogens (tertiary/aromatic N) is 3. The van der Waals surface area contributed by atoms with Gasteiger partial charge in [0.1, 0.15) is 5.75 Å². The van der Waals surface area contributed by atoms with E-state index in [2.05, 4.69) is 15.5 Å². The Morgan fingerprint density at radius 2 is 2.00 bits per heavy atom. The molecule has 3 aromatic rings. The maximum Gasteiger partial charge on any atom is 0.251 e. The Morgan fingerprint density at radius 1 is 1.22 bits per heavy atom. The predicted molar refractivity (Wildman–Crippen MR) is 86.5 cm³/mol. The number of hydrogen-bond acceptors (Lipinski definition) is 4. The van der Waals surface area contributed by atoms with Crippen molar-refractivity contribution in [3.8, 4) is 5.75 Å². The predicted octanol–water partition coefficient (Wildman–Crippen LogP) is 2.62. The van der Waals surface area contributed by atoms with Crippen molar-refractivity contribution < 1.29 is 9.53 Å². The standard InChI is InChI=1S/C17H18N4O2/c1-3-23-14-9-7-13(8-10-14)17(22)18-12(2)16-20-19-15-6-4-5-11-21(15)16/h4-12H,3H2,1-2H3,(H,18,22). The summed E-state index contributed by atoms with van der Waals surface area (Å²) in [5.41, 5.74) is 1.33. The van der Waals surface area contributed by atoms with Crippen molar-refractivity contribution in [2.75, 3.05) is 6.61 Å². The van der Waals surface area contributed by atoms with Gasteiger partial charge in [0.25, 0.3) is 5.91 Å². The number of benzene rings is 1. The lowest BCUT2D eigenvalue weighted by atomic mass is 10.2. The first kappa shape index (κ1) is 15.0. The molecule has 0 aliphatic rings. The molecule has 0 bridgehead atoms. The molecular weight excluding hydrogens is 292 g/mol. The van der Waals surface area contributed by atoms with E-state index in [0.717, 1.165) is 11.4 Å². The first-order valence-corrected chi connectivity index (χ1v) is 7.52. The zero-order chi connectivity index (χ0) is 16.2. The third-order valence-corrected chi connectivity index (χ3v) is 3.50. The second-order valence-electron chi connectivity index (χ2n) is 5.14. The van der Waals surface area contributed by atoms with Crippen molar-refractivity contribution in [2.45, 2.75) is 19.9 Å². The van der Waals surface area contributed by atoms with Crippen LogP contribution in [0.2, 0.25) is 0 Å². The van der Waals surface area contributed by atoms with Crippen LogP contribution in [0.3, 0.4) is 0 Å². The van der Waals surface area contributed by atoms with Crippen LogP contribution in [0.15, 0.2) is 48.7 Å². The largest absolute Gasteiger partial charge is 0.494 e. The molecule has 6 nitrogen and oxygen atoms in total. The summed E-state index contributed by atoms with van der Waals surface area (Å²) >= 11 is 0. The fourth-order valence-corrected chi connectivity index (χ4v) is 2.37. The number of hydrogen-bond donors (Lipinski definition) is 1. The Hall–Kier alpha value is -2.89. The number of ether oxygens (including phenoxy) is 1. The summed E-state index contributed by atoms with van der Waals surface area (Å²) < 4.78 is 7.24. The number of amides is 1. The molecule has 1 unspecified atom stereocenters. The van der Waals surface area contributed by atoms with E-state index in [1.807, 2.05) is 42.6 Å². The van der Waals surface area contributed by atoms with Crippen LogP contribution < -0.4 is 10.1 Å². The minimum atomic E-state index is -0.258. The van der Waals surface area contributed by atoms with Gasteiger partial charge in [-0.3, -0.25) is 9.20 Å². The maximum absolute atomic E-state index is 12.3. The lowest BCUT2D eigenvalue weighted by Gasteiger charge is -2.12. The molecule has 0 saturated heterocycles. The minimum Gasteiger partial charge on any atom is -0.494 e. The van der Waals surface area contributed by atoms with E-state index in [1.165, 1.54) is 0 Å². The normalized spacial score (nSPS) is 12.1. The fourth-order valence-electron chi connectivity index (χ4n) is 2.37. The molecule has 1 atom stereocenters. The van der Waals surface area contributed by atoms with Crippen LogP contribution >= 0.6 is 0 Å². The molecule has 6 heteroatoms. The number of carbonyl (C=O) groups is 1. The molecule has 2 aromatic heterocycles. The van der Waals surface area contributed by atoms with Gasteiger partial charge in [0, 0.05) is 11.8 Å². The van der Waals surface area contributed by atoms with Crippen molar-refractivity contribution in [3.05, 3.63) is 60.0 Å². The van der Waals surface area contributed by atoms with Gasteiger partial charge in [-0.05, 0) is 50.2 Å². The summed E-state index contributed by atoms with van der Waals surface area (Å²) in [4.78, 5) is 12.3. The van der Waals surface area contributed by atoms with Crippen LogP contribution in [-0.2, 0) is 0 Å². The molecule has 1 aromatic carbocycles. The van der Waals surface area contributed by atoms with Gasteiger partial charge >= 0.3 is 0 Å². The van der Waals surface area contributed by atoms with Crippen LogP contribution in [0.5, 0.6) is 5.75 Å². The van der Waals surface area contributed by atoms with Crippen LogP contribution in [0.1, 0.15) is 36.1 Å². The fraction of sp³-hybridized carbons (Fsp3) is 0.235. The summed E-state index contributed by atoms with van der Waals surface area (Å²) in [5.74, 6) is 1.29. The van der Waals surface area contributed by atoms with Gasteiger partial charge in [-0.15, -0.1) is 10.2 Å². The summed E-state index contributed by atoms with van der Waals surface area (Å²) in [5, 5.41) is 11.2. The molecule has 2 heterocycles. The summed E-state index contributed by atoms with van der Waals surface area (Å²) in [6, 6.07) is 12.5. The number of rotatable bonds is 5. The Balaban J connectivity index is 1.74.